The number of hydrogen-bond acceptors (Lipinski definition) is 11. The summed E-state index contributed by atoms with van der Waals surface area (Å²) < 4.78 is 32.7. The smallest absolute Gasteiger partial charge is 0.295 e. The minimum absolute atomic E-state index is 0.0905. The van der Waals surface area contributed by atoms with Gasteiger partial charge in [-0.15, -0.1) is 0 Å². The molecule has 0 radical (unpaired) electrons. The lowest BCUT2D eigenvalue weighted by molar-refractivity contribution is 0.162. The van der Waals surface area contributed by atoms with Gasteiger partial charge in [-0.25, -0.2) is 29.1 Å². The fraction of sp³-hybridized carbons (Fsp3) is 0.375. The van der Waals surface area contributed by atoms with Crippen LogP contribution in [0.4, 0.5) is 5.82 Å². The van der Waals surface area contributed by atoms with Gasteiger partial charge in [0.1, 0.15) is 17.4 Å². The van der Waals surface area contributed by atoms with E-state index < -0.39 is 16.6 Å². The van der Waals surface area contributed by atoms with E-state index in [1.54, 1.807) is 19.4 Å². The minimum Gasteiger partial charge on any atom is -0.480 e. The molecular formula is C24H26N8O5S. The van der Waals surface area contributed by atoms with Crippen LogP contribution >= 0.6 is 0 Å². The SMILES string of the molecule is COC[C@@H](C)n1c(=O)c(NCc2ccc(S(=O)O)cn2)nc2cnc(-c3c(OC)ncnc3C3CC3)nc21. The molecule has 4 aromatic heterocycles. The van der Waals surface area contributed by atoms with E-state index in [-0.39, 0.29) is 29.9 Å². The van der Waals surface area contributed by atoms with Gasteiger partial charge in [0.25, 0.3) is 5.56 Å². The fourth-order valence-corrected chi connectivity index (χ4v) is 4.50. The zero-order chi connectivity index (χ0) is 26.8. The normalized spacial score (nSPS) is 14.8. The van der Waals surface area contributed by atoms with Crippen LogP contribution in [0.2, 0.25) is 0 Å². The van der Waals surface area contributed by atoms with Crippen LogP contribution in [0.15, 0.2) is 40.5 Å². The number of nitrogens with zero attached hydrogens (tertiary/aromatic N) is 7. The molecule has 14 heteroatoms. The van der Waals surface area contributed by atoms with Crippen LogP contribution in [0.5, 0.6) is 5.88 Å². The number of fused-ring (bicyclic) bond motifs is 1. The second kappa shape index (κ2) is 10.8. The van der Waals surface area contributed by atoms with Crippen molar-refractivity contribution in [3.63, 3.8) is 0 Å². The van der Waals surface area contributed by atoms with Crippen molar-refractivity contribution in [2.45, 2.75) is 43.2 Å². The maximum atomic E-state index is 13.6. The van der Waals surface area contributed by atoms with Crippen molar-refractivity contribution in [1.82, 2.24) is 34.5 Å². The minimum atomic E-state index is -2.12. The summed E-state index contributed by atoms with van der Waals surface area (Å²) in [5.41, 5.74) is 2.35. The fourth-order valence-electron chi connectivity index (χ4n) is 4.17. The Kier molecular flexibility index (Phi) is 7.35. The van der Waals surface area contributed by atoms with Gasteiger partial charge in [-0.1, -0.05) is 0 Å². The Morgan fingerprint density at radius 1 is 1.16 bits per heavy atom. The summed E-state index contributed by atoms with van der Waals surface area (Å²) in [6.07, 6.45) is 6.38. The molecule has 13 nitrogen and oxygen atoms in total. The molecule has 1 aliphatic carbocycles. The molecular weight excluding hydrogens is 512 g/mol. The molecule has 0 amide bonds. The highest BCUT2D eigenvalue weighted by molar-refractivity contribution is 7.79. The van der Waals surface area contributed by atoms with Crippen molar-refractivity contribution in [2.75, 3.05) is 26.1 Å². The van der Waals surface area contributed by atoms with Gasteiger partial charge in [0.2, 0.25) is 5.88 Å². The number of hydrogen-bond donors (Lipinski definition) is 2. The van der Waals surface area contributed by atoms with Crippen LogP contribution in [-0.2, 0) is 22.4 Å². The summed E-state index contributed by atoms with van der Waals surface area (Å²) in [5.74, 6) is 1.10. The quantitative estimate of drug-likeness (QED) is 0.283. The number of ether oxygens (including phenoxy) is 2. The molecule has 1 saturated carbocycles. The number of aromatic nitrogens is 7. The first-order chi connectivity index (χ1) is 18.4. The Bertz CT molecular complexity index is 1560. The van der Waals surface area contributed by atoms with E-state index in [0.29, 0.717) is 40.0 Å². The molecule has 198 valence electrons. The van der Waals surface area contributed by atoms with Gasteiger partial charge in [0, 0.05) is 19.2 Å². The van der Waals surface area contributed by atoms with Crippen molar-refractivity contribution in [3.8, 4) is 17.3 Å². The maximum Gasteiger partial charge on any atom is 0.295 e. The monoisotopic (exact) mass is 538 g/mol. The number of anilines is 1. The van der Waals surface area contributed by atoms with Gasteiger partial charge in [-0.2, -0.15) is 0 Å². The molecule has 0 spiro atoms. The Morgan fingerprint density at radius 2 is 1.97 bits per heavy atom. The van der Waals surface area contributed by atoms with Crippen LogP contribution in [0.3, 0.4) is 0 Å². The third-order valence-corrected chi connectivity index (χ3v) is 6.78. The van der Waals surface area contributed by atoms with E-state index in [4.69, 9.17) is 14.5 Å². The first-order valence-electron chi connectivity index (χ1n) is 11.9. The van der Waals surface area contributed by atoms with E-state index in [0.717, 1.165) is 18.5 Å². The highest BCUT2D eigenvalue weighted by atomic mass is 32.2. The average molecular weight is 539 g/mol. The van der Waals surface area contributed by atoms with Crippen molar-refractivity contribution in [3.05, 3.63) is 52.6 Å². The summed E-state index contributed by atoms with van der Waals surface area (Å²) in [7, 11) is 3.10. The second-order valence-electron chi connectivity index (χ2n) is 8.85. The molecule has 2 N–H and O–H groups in total. The van der Waals surface area contributed by atoms with Crippen molar-refractivity contribution >= 4 is 28.1 Å². The lowest BCUT2D eigenvalue weighted by atomic mass is 10.1. The largest absolute Gasteiger partial charge is 0.480 e. The Balaban J connectivity index is 1.58. The van der Waals surface area contributed by atoms with Gasteiger partial charge >= 0.3 is 0 Å². The third kappa shape index (κ3) is 5.10. The van der Waals surface area contributed by atoms with E-state index in [1.807, 2.05) is 6.92 Å². The molecule has 38 heavy (non-hydrogen) atoms. The first-order valence-corrected chi connectivity index (χ1v) is 13.0. The molecule has 0 saturated heterocycles. The zero-order valence-corrected chi connectivity index (χ0v) is 21.8. The molecule has 1 aliphatic rings. The standard InChI is InChI=1S/C24H26N8O5S/c1-13(11-36-2)32-22-17(30-21(24(32)33)26-8-15-6-7-16(9-25-15)38(34)35)10-27-20(31-22)18-19(14-4-5-14)28-12-29-23(18)37-3/h6-7,9-10,12-14H,4-5,8,11H2,1-3H3,(H,26,30)(H,34,35)/t13-/m1/s1. The Hall–Kier alpha value is -3.88. The molecule has 0 aromatic carbocycles. The maximum absolute atomic E-state index is 13.6. The van der Waals surface area contributed by atoms with Gasteiger partial charge < -0.3 is 19.3 Å². The highest BCUT2D eigenvalue weighted by Crippen LogP contribution is 2.44. The predicted octanol–water partition coefficient (Wildman–Crippen LogP) is 2.32. The lowest BCUT2D eigenvalue weighted by Gasteiger charge is -2.18. The Labute approximate surface area is 220 Å². The van der Waals surface area contributed by atoms with E-state index in [2.05, 4.69) is 30.2 Å². The van der Waals surface area contributed by atoms with Crippen LogP contribution < -0.4 is 15.6 Å². The summed E-state index contributed by atoms with van der Waals surface area (Å²) >= 11 is -2.12. The van der Waals surface area contributed by atoms with Gasteiger partial charge in [0.05, 0.1) is 48.8 Å². The molecule has 4 heterocycles. The van der Waals surface area contributed by atoms with Crippen molar-refractivity contribution in [2.24, 2.45) is 0 Å². The lowest BCUT2D eigenvalue weighted by Crippen LogP contribution is -2.30. The van der Waals surface area contributed by atoms with E-state index in [1.165, 1.54) is 30.3 Å². The second-order valence-corrected chi connectivity index (χ2v) is 9.82. The third-order valence-electron chi connectivity index (χ3n) is 6.14. The first kappa shape index (κ1) is 25.8. The van der Waals surface area contributed by atoms with E-state index >= 15 is 0 Å². The zero-order valence-electron chi connectivity index (χ0n) is 21.0. The molecule has 1 unspecified atom stereocenters. The molecule has 0 bridgehead atoms. The molecule has 4 aromatic rings. The number of methoxy groups -OCH3 is 2. The van der Waals surface area contributed by atoms with Crippen LogP contribution in [-0.4, -0.2) is 64.1 Å². The molecule has 5 rings (SSSR count). The molecule has 0 aliphatic heterocycles. The number of rotatable bonds is 10. The van der Waals surface area contributed by atoms with Gasteiger partial charge in [-0.3, -0.25) is 14.3 Å². The number of nitrogens with one attached hydrogen (secondary N) is 1. The van der Waals surface area contributed by atoms with Crippen molar-refractivity contribution in [1.29, 1.82) is 0 Å². The van der Waals surface area contributed by atoms with Crippen LogP contribution in [0.1, 0.15) is 43.1 Å². The highest BCUT2D eigenvalue weighted by Gasteiger charge is 2.31. The van der Waals surface area contributed by atoms with Gasteiger partial charge in [0.15, 0.2) is 28.4 Å². The van der Waals surface area contributed by atoms with Crippen LogP contribution in [0, 0.1) is 0 Å². The summed E-state index contributed by atoms with van der Waals surface area (Å²) in [6, 6.07) is 2.74. The molecule has 2 atom stereocenters. The average Bonchev–Trinajstić information content (AvgIpc) is 3.77. The number of pyridine rings is 1. The van der Waals surface area contributed by atoms with Gasteiger partial charge in [-0.05, 0) is 31.9 Å². The summed E-state index contributed by atoms with van der Waals surface area (Å²) in [6.45, 7) is 2.30. The van der Waals surface area contributed by atoms with Crippen LogP contribution in [0.25, 0.3) is 22.6 Å². The Morgan fingerprint density at radius 3 is 2.63 bits per heavy atom. The summed E-state index contributed by atoms with van der Waals surface area (Å²) in [5, 5.41) is 3.02. The molecule has 1 fully saturated rings. The van der Waals surface area contributed by atoms with E-state index in [9.17, 15) is 13.6 Å². The van der Waals surface area contributed by atoms with Crippen molar-refractivity contribution < 1.29 is 18.2 Å². The summed E-state index contributed by atoms with van der Waals surface area (Å²) in [4.78, 5) is 40.5. The predicted molar refractivity (Wildman–Crippen MR) is 138 cm³/mol. The topological polar surface area (TPSA) is 167 Å².